The monoisotopic (exact) mass is 431 g/mol. The van der Waals surface area contributed by atoms with Gasteiger partial charge in [-0.2, -0.15) is 23.0 Å². The Kier molecular flexibility index (Phi) is 6.14. The van der Waals surface area contributed by atoms with E-state index in [1.165, 1.54) is 35.0 Å². The molecule has 160 valence electrons. The number of hydrogen-bond acceptors (Lipinski definition) is 5. The minimum absolute atomic E-state index is 0.189. The van der Waals surface area contributed by atoms with Crippen molar-refractivity contribution < 1.29 is 22.9 Å². The SMILES string of the molecule is Cc1cc([N+](=O)[O-])nn1Cc1ccc(C(=O)N/N=C/c2cccc(C(F)(F)F)c2)cc1. The molecular formula is C20H16F3N5O3. The molecule has 2 aromatic carbocycles. The topological polar surface area (TPSA) is 102 Å². The van der Waals surface area contributed by atoms with Crippen LogP contribution in [0.5, 0.6) is 0 Å². The summed E-state index contributed by atoms with van der Waals surface area (Å²) in [6, 6.07) is 12.3. The summed E-state index contributed by atoms with van der Waals surface area (Å²) < 4.78 is 39.6. The molecule has 3 aromatic rings. The fraction of sp³-hybridized carbons (Fsp3) is 0.150. The maximum Gasteiger partial charge on any atom is 0.416 e. The quantitative estimate of drug-likeness (QED) is 0.363. The second-order valence-electron chi connectivity index (χ2n) is 6.58. The number of benzene rings is 2. The summed E-state index contributed by atoms with van der Waals surface area (Å²) in [5, 5.41) is 18.4. The summed E-state index contributed by atoms with van der Waals surface area (Å²) >= 11 is 0. The molecule has 1 aromatic heterocycles. The van der Waals surface area contributed by atoms with Crippen molar-refractivity contribution in [3.63, 3.8) is 0 Å². The van der Waals surface area contributed by atoms with Crippen LogP contribution in [0.15, 0.2) is 59.7 Å². The summed E-state index contributed by atoms with van der Waals surface area (Å²) in [5.41, 5.74) is 3.31. The third kappa shape index (κ3) is 5.53. The van der Waals surface area contributed by atoms with E-state index >= 15 is 0 Å². The molecule has 0 atom stereocenters. The van der Waals surface area contributed by atoms with Gasteiger partial charge in [0.25, 0.3) is 5.91 Å². The van der Waals surface area contributed by atoms with Gasteiger partial charge in [0.1, 0.15) is 0 Å². The van der Waals surface area contributed by atoms with Gasteiger partial charge in [-0.05, 0) is 47.2 Å². The molecule has 1 amide bonds. The molecule has 0 aliphatic heterocycles. The molecule has 1 N–H and O–H groups in total. The van der Waals surface area contributed by atoms with Gasteiger partial charge in [0.05, 0.1) is 35.2 Å². The van der Waals surface area contributed by atoms with E-state index in [4.69, 9.17) is 0 Å². The normalized spacial score (nSPS) is 11.6. The lowest BCUT2D eigenvalue weighted by Gasteiger charge is -2.06. The zero-order chi connectivity index (χ0) is 22.6. The van der Waals surface area contributed by atoms with Gasteiger partial charge in [0, 0.05) is 5.56 Å². The first-order valence-electron chi connectivity index (χ1n) is 8.92. The molecular weight excluding hydrogens is 415 g/mol. The molecule has 0 unspecified atom stereocenters. The highest BCUT2D eigenvalue weighted by atomic mass is 19.4. The molecule has 0 saturated carbocycles. The van der Waals surface area contributed by atoms with Crippen LogP contribution in [0.4, 0.5) is 19.0 Å². The zero-order valence-corrected chi connectivity index (χ0v) is 16.1. The number of nitrogens with zero attached hydrogens (tertiary/aromatic N) is 4. The van der Waals surface area contributed by atoms with Crippen molar-refractivity contribution in [2.24, 2.45) is 5.10 Å². The van der Waals surface area contributed by atoms with Crippen molar-refractivity contribution in [1.29, 1.82) is 0 Å². The average Bonchev–Trinajstić information content (AvgIpc) is 3.09. The Morgan fingerprint density at radius 3 is 2.55 bits per heavy atom. The molecule has 11 heteroatoms. The number of alkyl halides is 3. The average molecular weight is 431 g/mol. The number of amides is 1. The summed E-state index contributed by atoms with van der Waals surface area (Å²) in [6.45, 7) is 1.99. The number of nitrogens with one attached hydrogen (secondary N) is 1. The van der Waals surface area contributed by atoms with E-state index in [0.717, 1.165) is 23.9 Å². The van der Waals surface area contributed by atoms with Crippen LogP contribution in [0.1, 0.15) is 32.7 Å². The number of hydrogen-bond donors (Lipinski definition) is 1. The number of nitro groups is 1. The maximum atomic E-state index is 12.7. The first kappa shape index (κ1) is 21.7. The molecule has 8 nitrogen and oxygen atoms in total. The van der Waals surface area contributed by atoms with Crippen molar-refractivity contribution in [3.05, 3.63) is 92.7 Å². The lowest BCUT2D eigenvalue weighted by Crippen LogP contribution is -2.17. The van der Waals surface area contributed by atoms with Crippen molar-refractivity contribution in [2.45, 2.75) is 19.6 Å². The Morgan fingerprint density at radius 1 is 1.23 bits per heavy atom. The van der Waals surface area contributed by atoms with Gasteiger partial charge in [0.2, 0.25) is 0 Å². The van der Waals surface area contributed by atoms with Gasteiger partial charge in [-0.1, -0.05) is 24.3 Å². The highest BCUT2D eigenvalue weighted by Crippen LogP contribution is 2.29. The molecule has 0 bridgehead atoms. The summed E-state index contributed by atoms with van der Waals surface area (Å²) in [5.74, 6) is -0.784. The Bertz CT molecular complexity index is 1140. The summed E-state index contributed by atoms with van der Waals surface area (Å²) in [7, 11) is 0. The predicted octanol–water partition coefficient (Wildman–Crippen LogP) is 3.93. The van der Waals surface area contributed by atoms with Gasteiger partial charge in [-0.25, -0.2) is 5.43 Å². The van der Waals surface area contributed by atoms with E-state index in [1.807, 2.05) is 0 Å². The van der Waals surface area contributed by atoms with E-state index in [0.29, 0.717) is 5.69 Å². The second kappa shape index (κ2) is 8.78. The smallest absolute Gasteiger partial charge is 0.358 e. The molecule has 0 spiro atoms. The number of halogens is 3. The largest absolute Gasteiger partial charge is 0.416 e. The zero-order valence-electron chi connectivity index (χ0n) is 16.1. The number of carbonyl (C=O) groups is 1. The maximum absolute atomic E-state index is 12.7. The van der Waals surface area contributed by atoms with E-state index < -0.39 is 22.6 Å². The number of aromatic nitrogens is 2. The molecule has 3 rings (SSSR count). The minimum atomic E-state index is -4.46. The van der Waals surface area contributed by atoms with Crippen LogP contribution < -0.4 is 5.43 Å². The van der Waals surface area contributed by atoms with Gasteiger partial charge >= 0.3 is 12.0 Å². The van der Waals surface area contributed by atoms with Gasteiger partial charge < -0.3 is 10.1 Å². The fourth-order valence-electron chi connectivity index (χ4n) is 2.70. The summed E-state index contributed by atoms with van der Waals surface area (Å²) in [4.78, 5) is 22.4. The Balaban J connectivity index is 1.62. The Hall–Kier alpha value is -4.02. The highest BCUT2D eigenvalue weighted by Gasteiger charge is 2.30. The van der Waals surface area contributed by atoms with E-state index in [2.05, 4.69) is 15.6 Å². The highest BCUT2D eigenvalue weighted by molar-refractivity contribution is 5.94. The van der Waals surface area contributed by atoms with Gasteiger partial charge in [-0.3, -0.25) is 4.79 Å². The lowest BCUT2D eigenvalue weighted by molar-refractivity contribution is -0.389. The van der Waals surface area contributed by atoms with E-state index in [9.17, 15) is 28.1 Å². The van der Waals surface area contributed by atoms with Crippen LogP contribution in [0.2, 0.25) is 0 Å². The second-order valence-corrected chi connectivity index (χ2v) is 6.58. The van der Waals surface area contributed by atoms with E-state index in [-0.39, 0.29) is 23.5 Å². The molecule has 31 heavy (non-hydrogen) atoms. The van der Waals surface area contributed by atoms with Crippen LogP contribution in [0.3, 0.4) is 0 Å². The van der Waals surface area contributed by atoms with Crippen molar-refractivity contribution >= 4 is 17.9 Å². The fourth-order valence-corrected chi connectivity index (χ4v) is 2.70. The van der Waals surface area contributed by atoms with Crippen molar-refractivity contribution in [1.82, 2.24) is 15.2 Å². The number of aryl methyl sites for hydroxylation is 1. The number of hydrazone groups is 1. The van der Waals surface area contributed by atoms with Crippen LogP contribution in [0, 0.1) is 17.0 Å². The Morgan fingerprint density at radius 2 is 1.94 bits per heavy atom. The van der Waals surface area contributed by atoms with Crippen LogP contribution in [-0.4, -0.2) is 26.8 Å². The third-order valence-electron chi connectivity index (χ3n) is 4.30. The standard InChI is InChI=1S/C20H16F3N5O3/c1-13-9-18(28(30)31)26-27(13)12-14-5-7-16(8-6-14)19(29)25-24-11-15-3-2-4-17(10-15)20(21,22)23/h2-11H,12H2,1H3,(H,25,29)/b24-11+. The molecule has 0 aliphatic rings. The Labute approximate surface area is 174 Å². The molecule has 1 heterocycles. The number of carbonyl (C=O) groups excluding carboxylic acids is 1. The van der Waals surface area contributed by atoms with Crippen LogP contribution in [-0.2, 0) is 12.7 Å². The van der Waals surface area contributed by atoms with Gasteiger partial charge in [0.15, 0.2) is 0 Å². The molecule has 0 radical (unpaired) electrons. The first-order valence-corrected chi connectivity index (χ1v) is 8.92. The van der Waals surface area contributed by atoms with E-state index in [1.54, 1.807) is 19.1 Å². The molecule has 0 saturated heterocycles. The third-order valence-corrected chi connectivity index (χ3v) is 4.30. The first-order chi connectivity index (χ1) is 14.6. The predicted molar refractivity (Wildman–Crippen MR) is 106 cm³/mol. The lowest BCUT2D eigenvalue weighted by atomic mass is 10.1. The van der Waals surface area contributed by atoms with Crippen molar-refractivity contribution in [3.8, 4) is 0 Å². The molecule has 0 aliphatic carbocycles. The van der Waals surface area contributed by atoms with Gasteiger partial charge in [-0.15, -0.1) is 0 Å². The molecule has 0 fully saturated rings. The minimum Gasteiger partial charge on any atom is -0.358 e. The van der Waals surface area contributed by atoms with Crippen LogP contribution >= 0.6 is 0 Å². The summed E-state index contributed by atoms with van der Waals surface area (Å²) in [6.07, 6.45) is -3.34. The number of rotatable bonds is 6. The van der Waals surface area contributed by atoms with Crippen LogP contribution in [0.25, 0.3) is 0 Å². The van der Waals surface area contributed by atoms with Crippen molar-refractivity contribution in [2.75, 3.05) is 0 Å².